The molecule has 1 atom stereocenters. The number of aryl methyl sites for hydroxylation is 2. The molecule has 6 nitrogen and oxygen atoms in total. The molecule has 7 heteroatoms. The van der Waals surface area contributed by atoms with Gasteiger partial charge in [-0.3, -0.25) is 4.98 Å². The first kappa shape index (κ1) is 26.7. The summed E-state index contributed by atoms with van der Waals surface area (Å²) < 4.78 is 4.30. The summed E-state index contributed by atoms with van der Waals surface area (Å²) in [5.74, 6) is 0. The molecular formula is C26H27IrN2O4-. The Labute approximate surface area is 207 Å². The molecule has 1 heterocycles. The minimum absolute atomic E-state index is 0. The quantitative estimate of drug-likeness (QED) is 0.230. The Morgan fingerprint density at radius 3 is 2.30 bits per heavy atom. The van der Waals surface area contributed by atoms with Crippen molar-refractivity contribution in [1.29, 1.82) is 0 Å². The van der Waals surface area contributed by atoms with Crippen LogP contribution in [0.15, 0.2) is 66.9 Å². The number of nitrogens with zero attached hydrogens (tertiary/aromatic N) is 2. The van der Waals surface area contributed by atoms with Crippen LogP contribution >= 0.6 is 0 Å². The van der Waals surface area contributed by atoms with Crippen molar-refractivity contribution in [2.45, 2.75) is 32.8 Å². The molecule has 0 fully saturated rings. The summed E-state index contributed by atoms with van der Waals surface area (Å²) in [7, 11) is 1.28. The summed E-state index contributed by atoms with van der Waals surface area (Å²) in [4.78, 5) is 9.00. The summed E-state index contributed by atoms with van der Waals surface area (Å²) >= 11 is 0. The third-order valence-corrected chi connectivity index (χ3v) is 4.92. The minimum atomic E-state index is -1.50. The Morgan fingerprint density at radius 2 is 1.70 bits per heavy atom. The van der Waals surface area contributed by atoms with Gasteiger partial charge < -0.3 is 25.0 Å². The van der Waals surface area contributed by atoms with Crippen LogP contribution in [-0.2, 0) is 24.8 Å². The normalized spacial score (nSPS) is 11.5. The van der Waals surface area contributed by atoms with Crippen molar-refractivity contribution in [1.82, 2.24) is 9.97 Å². The number of aliphatic hydroxyl groups is 3. The van der Waals surface area contributed by atoms with E-state index >= 15 is 0 Å². The number of hydrogen-bond acceptors (Lipinski definition) is 6. The van der Waals surface area contributed by atoms with Crippen LogP contribution in [0, 0.1) is 19.9 Å². The van der Waals surface area contributed by atoms with E-state index in [0.29, 0.717) is 0 Å². The molecule has 0 amide bonds. The molecule has 1 radical (unpaired) electrons. The van der Waals surface area contributed by atoms with E-state index in [2.05, 4.69) is 75.4 Å². The molecule has 0 spiro atoms. The topological polar surface area (TPSA) is 95.7 Å². The first-order valence-electron chi connectivity index (χ1n) is 10.3. The Bertz CT molecular complexity index is 1160. The number of hydrogen-bond donors (Lipinski definition) is 3. The molecule has 1 aromatic heterocycles. The largest absolute Gasteiger partial charge is 0.368 e. The summed E-state index contributed by atoms with van der Waals surface area (Å²) in [5, 5.41) is 27.3. The van der Waals surface area contributed by atoms with Crippen LogP contribution in [-0.4, -0.2) is 45.0 Å². The van der Waals surface area contributed by atoms with E-state index in [1.165, 1.54) is 23.4 Å². The van der Waals surface area contributed by atoms with E-state index in [9.17, 15) is 0 Å². The average molecular weight is 624 g/mol. The van der Waals surface area contributed by atoms with Crippen LogP contribution in [0.25, 0.3) is 33.2 Å². The first-order valence-corrected chi connectivity index (χ1v) is 10.3. The maximum Gasteiger partial charge on any atom is 0.158 e. The molecule has 4 aromatic rings. The molecular weight excluding hydrogens is 597 g/mol. The molecule has 0 aliphatic heterocycles. The van der Waals surface area contributed by atoms with Crippen molar-refractivity contribution in [2.75, 3.05) is 7.11 Å². The zero-order chi connectivity index (χ0) is 23.1. The van der Waals surface area contributed by atoms with E-state index in [0.717, 1.165) is 28.2 Å². The fraction of sp³-hybridized carbons (Fsp3) is 0.231. The van der Waals surface area contributed by atoms with Gasteiger partial charge in [0, 0.05) is 51.2 Å². The van der Waals surface area contributed by atoms with Crippen molar-refractivity contribution < 1.29 is 40.2 Å². The molecule has 1 unspecified atom stereocenters. The summed E-state index contributed by atoms with van der Waals surface area (Å²) in [5.41, 5.74) is 6.12. The van der Waals surface area contributed by atoms with Crippen LogP contribution in [0.1, 0.15) is 17.8 Å². The molecule has 33 heavy (non-hydrogen) atoms. The standard InChI is InChI=1S/C22H17N2.C4H10O4.Ir/c1-15-14-23-22(16(2)24-15)19-12-10-18(11-13-19)21-9-5-7-17-6-3-4-8-20(17)21;1-8-4(7)2-3(5)6;/h3-12,14H,1-2H3;3-7H,2H2,1H3;/q-1;;. The van der Waals surface area contributed by atoms with Crippen LogP contribution in [0.4, 0.5) is 0 Å². The van der Waals surface area contributed by atoms with E-state index in [4.69, 9.17) is 15.3 Å². The van der Waals surface area contributed by atoms with Gasteiger partial charge >= 0.3 is 0 Å². The number of aromatic nitrogens is 2. The fourth-order valence-corrected chi connectivity index (χ4v) is 3.36. The molecule has 0 bridgehead atoms. The average Bonchev–Trinajstić information content (AvgIpc) is 2.79. The molecule has 0 aliphatic carbocycles. The maximum absolute atomic E-state index is 8.49. The zero-order valence-electron chi connectivity index (χ0n) is 18.7. The van der Waals surface area contributed by atoms with Crippen molar-refractivity contribution >= 4 is 10.8 Å². The van der Waals surface area contributed by atoms with Gasteiger partial charge in [0.15, 0.2) is 12.6 Å². The Hall–Kier alpha value is -2.51. The van der Waals surface area contributed by atoms with Crippen molar-refractivity contribution in [2.24, 2.45) is 0 Å². The number of rotatable bonds is 5. The van der Waals surface area contributed by atoms with E-state index < -0.39 is 12.6 Å². The van der Waals surface area contributed by atoms with Gasteiger partial charge in [-0.2, -0.15) is 0 Å². The van der Waals surface area contributed by atoms with Crippen molar-refractivity contribution in [3.8, 4) is 22.4 Å². The second kappa shape index (κ2) is 12.7. The van der Waals surface area contributed by atoms with Gasteiger partial charge in [0.1, 0.15) is 0 Å². The van der Waals surface area contributed by atoms with Gasteiger partial charge in [0.2, 0.25) is 0 Å². The number of benzene rings is 3. The molecule has 175 valence electrons. The van der Waals surface area contributed by atoms with Crippen molar-refractivity contribution in [3.05, 3.63) is 84.3 Å². The van der Waals surface area contributed by atoms with Gasteiger partial charge in [-0.05, 0) is 24.6 Å². The molecule has 3 aromatic carbocycles. The minimum Gasteiger partial charge on any atom is -0.368 e. The van der Waals surface area contributed by atoms with Gasteiger partial charge in [-0.15, -0.1) is 29.8 Å². The molecule has 0 saturated carbocycles. The second-order valence-electron chi connectivity index (χ2n) is 7.37. The summed E-state index contributed by atoms with van der Waals surface area (Å²) in [6.45, 7) is 3.94. The third kappa shape index (κ3) is 7.24. The number of ether oxygens (including phenoxy) is 1. The third-order valence-electron chi connectivity index (χ3n) is 4.92. The second-order valence-corrected chi connectivity index (χ2v) is 7.37. The van der Waals surface area contributed by atoms with Crippen LogP contribution in [0.2, 0.25) is 0 Å². The maximum atomic E-state index is 8.49. The molecule has 0 aliphatic rings. The predicted octanol–water partition coefficient (Wildman–Crippen LogP) is 4.03. The molecule has 3 N–H and O–H groups in total. The zero-order valence-corrected chi connectivity index (χ0v) is 21.1. The smallest absolute Gasteiger partial charge is 0.158 e. The Kier molecular flexibility index (Phi) is 10.3. The Morgan fingerprint density at radius 1 is 0.970 bits per heavy atom. The number of fused-ring (bicyclic) bond motifs is 1. The van der Waals surface area contributed by atoms with Crippen LogP contribution < -0.4 is 0 Å². The monoisotopic (exact) mass is 624 g/mol. The Balaban J connectivity index is 0.000000372. The number of methoxy groups -OCH3 is 1. The summed E-state index contributed by atoms with van der Waals surface area (Å²) in [6, 6.07) is 24.5. The first-order chi connectivity index (χ1) is 15.4. The molecule has 4 rings (SSSR count). The van der Waals surface area contributed by atoms with Gasteiger partial charge in [0.25, 0.3) is 0 Å². The van der Waals surface area contributed by atoms with Gasteiger partial charge in [-0.25, -0.2) is 0 Å². The fourth-order valence-electron chi connectivity index (χ4n) is 3.36. The SMILES string of the molecule is COC(O)CC(O)O.Cc1cnc(-c2[c-]cc(-c3cccc4ccccc34)cc2)c(C)n1.[Ir]. The predicted molar refractivity (Wildman–Crippen MR) is 125 cm³/mol. The van der Waals surface area contributed by atoms with Crippen LogP contribution in [0.3, 0.4) is 0 Å². The van der Waals surface area contributed by atoms with E-state index in [-0.39, 0.29) is 26.5 Å². The van der Waals surface area contributed by atoms with Gasteiger partial charge in [-0.1, -0.05) is 53.6 Å². The van der Waals surface area contributed by atoms with E-state index in [1.807, 2.05) is 19.9 Å². The van der Waals surface area contributed by atoms with Crippen LogP contribution in [0.5, 0.6) is 0 Å². The van der Waals surface area contributed by atoms with E-state index in [1.54, 1.807) is 6.20 Å². The number of aliphatic hydroxyl groups excluding tert-OH is 2. The molecule has 0 saturated heterocycles. The van der Waals surface area contributed by atoms with Crippen molar-refractivity contribution in [3.63, 3.8) is 0 Å². The van der Waals surface area contributed by atoms with Gasteiger partial charge in [0.05, 0.1) is 5.69 Å². The summed E-state index contributed by atoms with van der Waals surface area (Å²) in [6.07, 6.45) is -0.939.